The Morgan fingerprint density at radius 3 is 2.50 bits per heavy atom. The van der Waals surface area contributed by atoms with Gasteiger partial charge in [-0.3, -0.25) is 0 Å². The van der Waals surface area contributed by atoms with Crippen LogP contribution in [-0.4, -0.2) is 17.3 Å². The molecule has 0 bridgehead atoms. The number of nitriles is 1. The number of nitrogens with two attached hydrogens (primary N) is 1. The Bertz CT molecular complexity index is 326. The summed E-state index contributed by atoms with van der Waals surface area (Å²) in [5.74, 6) is 0. The van der Waals surface area contributed by atoms with Crippen molar-refractivity contribution in [3.63, 3.8) is 0 Å². The maximum atomic E-state index is 9.16. The van der Waals surface area contributed by atoms with E-state index in [4.69, 9.17) is 16.1 Å². The molecule has 74 valence electrons. The largest absolute Gasteiger partial charge is 0.376 e. The molecule has 0 saturated heterocycles. The second-order valence-electron chi connectivity index (χ2n) is 3.43. The smallest absolute Gasteiger partial charge is 0.155 e. The Kier molecular flexibility index (Phi) is 3.63. The topological polar surface area (TPSA) is 70.0 Å². The highest BCUT2D eigenvalue weighted by molar-refractivity contribution is 5.22. The number of nitrogens with zero attached hydrogens (tertiary/aromatic N) is 1. The Hall–Kier alpha value is -1.37. The second-order valence-corrected chi connectivity index (χ2v) is 3.43. The zero-order valence-corrected chi connectivity index (χ0v) is 8.14. The number of hydrogen-bond acceptors (Lipinski definition) is 3. The van der Waals surface area contributed by atoms with Gasteiger partial charge in [-0.25, -0.2) is 0 Å². The molecule has 1 aromatic carbocycles. The van der Waals surface area contributed by atoms with E-state index in [0.29, 0.717) is 6.42 Å². The van der Waals surface area contributed by atoms with Crippen LogP contribution in [0.4, 0.5) is 0 Å². The Labute approximate surface area is 83.8 Å². The van der Waals surface area contributed by atoms with Gasteiger partial charge in [0.2, 0.25) is 0 Å². The molecule has 0 heterocycles. The molecule has 1 rings (SSSR count). The minimum Gasteiger partial charge on any atom is -0.376 e. The molecular formula is C11H14N2O. The molecule has 14 heavy (non-hydrogen) atoms. The highest BCUT2D eigenvalue weighted by Crippen LogP contribution is 2.06. The first kappa shape index (κ1) is 10.7. The number of benzene rings is 1. The highest BCUT2D eigenvalue weighted by Gasteiger charge is 2.13. The van der Waals surface area contributed by atoms with Crippen molar-refractivity contribution in [1.29, 1.82) is 5.26 Å². The van der Waals surface area contributed by atoms with Crippen LogP contribution < -0.4 is 5.73 Å². The van der Waals surface area contributed by atoms with Gasteiger partial charge < -0.3 is 10.8 Å². The van der Waals surface area contributed by atoms with E-state index < -0.39 is 12.1 Å². The van der Waals surface area contributed by atoms with Crippen LogP contribution >= 0.6 is 0 Å². The van der Waals surface area contributed by atoms with E-state index in [-0.39, 0.29) is 0 Å². The summed E-state index contributed by atoms with van der Waals surface area (Å²) in [6.07, 6.45) is -0.564. The van der Waals surface area contributed by atoms with E-state index in [0.717, 1.165) is 5.56 Å². The predicted molar refractivity (Wildman–Crippen MR) is 54.5 cm³/mol. The van der Waals surface area contributed by atoms with Gasteiger partial charge in [-0.15, -0.1) is 0 Å². The first-order valence-electron chi connectivity index (χ1n) is 4.52. The lowest BCUT2D eigenvalue weighted by molar-refractivity contribution is 0.197. The molecule has 0 spiro atoms. The minimum atomic E-state index is -1.09. The molecular weight excluding hydrogens is 176 g/mol. The van der Waals surface area contributed by atoms with Gasteiger partial charge >= 0.3 is 0 Å². The van der Waals surface area contributed by atoms with E-state index in [1.165, 1.54) is 5.56 Å². The predicted octanol–water partition coefficient (Wildman–Crippen LogP) is 0.749. The monoisotopic (exact) mass is 190 g/mol. The zero-order chi connectivity index (χ0) is 10.6. The molecule has 0 aliphatic carbocycles. The van der Waals surface area contributed by atoms with E-state index in [9.17, 15) is 0 Å². The molecule has 3 heteroatoms. The average molecular weight is 190 g/mol. The van der Waals surface area contributed by atoms with Crippen LogP contribution in [-0.2, 0) is 6.42 Å². The van der Waals surface area contributed by atoms with Crippen LogP contribution in [0.5, 0.6) is 0 Å². The van der Waals surface area contributed by atoms with Crippen LogP contribution in [0.3, 0.4) is 0 Å². The van der Waals surface area contributed by atoms with Gasteiger partial charge in [-0.1, -0.05) is 29.8 Å². The first-order chi connectivity index (χ1) is 6.63. The van der Waals surface area contributed by atoms with Gasteiger partial charge in [0.15, 0.2) is 6.10 Å². The van der Waals surface area contributed by atoms with E-state index >= 15 is 0 Å². The molecule has 3 nitrogen and oxygen atoms in total. The fourth-order valence-electron chi connectivity index (χ4n) is 1.20. The van der Waals surface area contributed by atoms with Gasteiger partial charge in [0.05, 0.1) is 6.07 Å². The van der Waals surface area contributed by atoms with Crippen molar-refractivity contribution in [3.05, 3.63) is 35.4 Å². The molecule has 3 N–H and O–H groups in total. The molecule has 0 amide bonds. The number of aliphatic hydroxyl groups excluding tert-OH is 1. The van der Waals surface area contributed by atoms with Gasteiger partial charge in [-0.05, 0) is 18.9 Å². The van der Waals surface area contributed by atoms with Gasteiger partial charge in [-0.2, -0.15) is 5.26 Å². The molecule has 0 aliphatic rings. The lowest BCUT2D eigenvalue weighted by atomic mass is 10.0. The standard InChI is InChI=1S/C11H14N2O/c1-8-2-4-9(5-3-8)6-10(13)11(14)7-12/h2-5,10-11,14H,6,13H2,1H3. The lowest BCUT2D eigenvalue weighted by Gasteiger charge is -2.12. The van der Waals surface area contributed by atoms with Crippen molar-refractivity contribution < 1.29 is 5.11 Å². The van der Waals surface area contributed by atoms with Crippen LogP contribution in [0.1, 0.15) is 11.1 Å². The number of rotatable bonds is 3. The third kappa shape index (κ3) is 2.84. The summed E-state index contributed by atoms with van der Waals surface area (Å²) in [5, 5.41) is 17.6. The van der Waals surface area contributed by atoms with Crippen molar-refractivity contribution in [3.8, 4) is 6.07 Å². The van der Waals surface area contributed by atoms with Crippen molar-refractivity contribution in [2.75, 3.05) is 0 Å². The molecule has 1 aromatic rings. The van der Waals surface area contributed by atoms with Crippen molar-refractivity contribution in [2.45, 2.75) is 25.5 Å². The first-order valence-corrected chi connectivity index (χ1v) is 4.52. The normalized spacial score (nSPS) is 14.4. The van der Waals surface area contributed by atoms with Crippen molar-refractivity contribution in [1.82, 2.24) is 0 Å². The molecule has 0 radical (unpaired) electrons. The summed E-state index contributed by atoms with van der Waals surface area (Å²) in [6, 6.07) is 9.10. The number of aryl methyl sites for hydroxylation is 1. The third-order valence-corrected chi connectivity index (χ3v) is 2.13. The maximum absolute atomic E-state index is 9.16. The summed E-state index contributed by atoms with van der Waals surface area (Å²) >= 11 is 0. The highest BCUT2D eigenvalue weighted by atomic mass is 16.3. The molecule has 2 atom stereocenters. The summed E-state index contributed by atoms with van der Waals surface area (Å²) in [6.45, 7) is 2.01. The Morgan fingerprint density at radius 1 is 1.43 bits per heavy atom. The Balaban J connectivity index is 2.61. The fourth-order valence-corrected chi connectivity index (χ4v) is 1.20. The Morgan fingerprint density at radius 2 is 2.00 bits per heavy atom. The van der Waals surface area contributed by atoms with Crippen LogP contribution in [0.15, 0.2) is 24.3 Å². The quantitative estimate of drug-likeness (QED) is 0.691. The van der Waals surface area contributed by atoms with Gasteiger partial charge in [0.1, 0.15) is 0 Å². The number of aliphatic hydroxyl groups is 1. The molecule has 0 fully saturated rings. The van der Waals surface area contributed by atoms with E-state index in [1.807, 2.05) is 31.2 Å². The minimum absolute atomic E-state index is 0.511. The SMILES string of the molecule is Cc1ccc(CC(N)C(O)C#N)cc1. The maximum Gasteiger partial charge on any atom is 0.155 e. The molecule has 0 aromatic heterocycles. The number of hydrogen-bond donors (Lipinski definition) is 2. The second kappa shape index (κ2) is 4.75. The third-order valence-electron chi connectivity index (χ3n) is 2.13. The van der Waals surface area contributed by atoms with E-state index in [2.05, 4.69) is 0 Å². The van der Waals surface area contributed by atoms with Gasteiger partial charge in [0.25, 0.3) is 0 Å². The lowest BCUT2D eigenvalue weighted by Crippen LogP contribution is -2.35. The van der Waals surface area contributed by atoms with Gasteiger partial charge in [0, 0.05) is 6.04 Å². The average Bonchev–Trinajstić information content (AvgIpc) is 2.20. The van der Waals surface area contributed by atoms with E-state index in [1.54, 1.807) is 6.07 Å². The summed E-state index contributed by atoms with van der Waals surface area (Å²) in [5.41, 5.74) is 7.85. The van der Waals surface area contributed by atoms with Crippen LogP contribution in [0.2, 0.25) is 0 Å². The van der Waals surface area contributed by atoms with Crippen LogP contribution in [0.25, 0.3) is 0 Å². The van der Waals surface area contributed by atoms with Crippen molar-refractivity contribution >= 4 is 0 Å². The molecule has 0 saturated carbocycles. The summed E-state index contributed by atoms with van der Waals surface area (Å²) in [7, 11) is 0. The summed E-state index contributed by atoms with van der Waals surface area (Å²) < 4.78 is 0. The van der Waals surface area contributed by atoms with Crippen molar-refractivity contribution in [2.24, 2.45) is 5.73 Å². The zero-order valence-electron chi connectivity index (χ0n) is 8.14. The molecule has 2 unspecified atom stereocenters. The summed E-state index contributed by atoms with van der Waals surface area (Å²) in [4.78, 5) is 0. The fraction of sp³-hybridized carbons (Fsp3) is 0.364. The van der Waals surface area contributed by atoms with Crippen LogP contribution in [0, 0.1) is 18.3 Å². The molecule has 0 aliphatic heterocycles.